The molecule has 0 bridgehead atoms. The summed E-state index contributed by atoms with van der Waals surface area (Å²) in [6, 6.07) is 12.6. The smallest absolute Gasteiger partial charge is 0.324 e. The molecule has 0 aromatic heterocycles. The average molecular weight is 303 g/mol. The van der Waals surface area contributed by atoms with Crippen molar-refractivity contribution in [2.75, 3.05) is 4.72 Å². The minimum absolute atomic E-state index is 0.120. The lowest BCUT2D eigenvalue weighted by molar-refractivity contribution is 0.333. The number of benzene rings is 2. The Balaban J connectivity index is 1.81. The van der Waals surface area contributed by atoms with Gasteiger partial charge in [0.15, 0.2) is 0 Å². The molecule has 1 aliphatic rings. The van der Waals surface area contributed by atoms with E-state index in [2.05, 4.69) is 4.72 Å². The summed E-state index contributed by atoms with van der Waals surface area (Å²) in [5, 5.41) is 0. The van der Waals surface area contributed by atoms with Gasteiger partial charge in [0.2, 0.25) is 10.9 Å². The quantitative estimate of drug-likeness (QED) is 0.667. The fraction of sp³-hybridized carbons (Fsp3) is 0.143. The lowest BCUT2D eigenvalue weighted by Gasteiger charge is -2.09. The molecule has 0 fully saturated rings. The minimum atomic E-state index is -2.68. The van der Waals surface area contributed by atoms with Crippen LogP contribution in [0.15, 0.2) is 42.5 Å². The van der Waals surface area contributed by atoms with Gasteiger partial charge in [-0.2, -0.15) is 0 Å². The molecule has 1 N–H and O–H groups in total. The van der Waals surface area contributed by atoms with Gasteiger partial charge in [-0.25, -0.2) is 8.42 Å². The van der Waals surface area contributed by atoms with Crippen LogP contribution in [-0.4, -0.2) is 15.3 Å². The standard InChI is InChI=1S/C14H14BNO4S/c1-15-14-6-5-13(7-10(14)9-19-15)20-12-4-2-3-11(8-12)16-21(17)18/h2-8,21H,9H2,1H3,(H,16,17,18). The summed E-state index contributed by atoms with van der Waals surface area (Å²) in [6.07, 6.45) is 0. The molecule has 1 aliphatic heterocycles. The van der Waals surface area contributed by atoms with Crippen LogP contribution in [0, 0.1) is 0 Å². The summed E-state index contributed by atoms with van der Waals surface area (Å²) >= 11 is 0. The highest BCUT2D eigenvalue weighted by molar-refractivity contribution is 7.73. The predicted molar refractivity (Wildman–Crippen MR) is 82.9 cm³/mol. The maximum atomic E-state index is 10.7. The van der Waals surface area contributed by atoms with E-state index in [-0.39, 0.29) is 6.92 Å². The highest BCUT2D eigenvalue weighted by atomic mass is 32.2. The Labute approximate surface area is 125 Å². The molecule has 0 radical (unpaired) electrons. The minimum Gasteiger partial charge on any atom is -0.457 e. The number of fused-ring (bicyclic) bond motifs is 1. The number of nitrogens with one attached hydrogen (secondary N) is 1. The fourth-order valence-electron chi connectivity index (χ4n) is 2.34. The molecule has 7 heteroatoms. The summed E-state index contributed by atoms with van der Waals surface area (Å²) in [7, 11) is -2.68. The largest absolute Gasteiger partial charge is 0.457 e. The van der Waals surface area contributed by atoms with Crippen LogP contribution < -0.4 is 14.9 Å². The third kappa shape index (κ3) is 3.20. The molecule has 0 amide bonds. The van der Waals surface area contributed by atoms with Crippen molar-refractivity contribution < 1.29 is 17.8 Å². The Morgan fingerprint density at radius 3 is 2.81 bits per heavy atom. The van der Waals surface area contributed by atoms with Gasteiger partial charge in [0.1, 0.15) is 11.5 Å². The molecule has 5 nitrogen and oxygen atoms in total. The zero-order valence-electron chi connectivity index (χ0n) is 11.4. The second kappa shape index (κ2) is 5.79. The highest BCUT2D eigenvalue weighted by Crippen LogP contribution is 2.26. The number of rotatable bonds is 4. The second-order valence-corrected chi connectivity index (χ2v) is 5.55. The molecule has 0 saturated carbocycles. The third-order valence-electron chi connectivity index (χ3n) is 3.33. The summed E-state index contributed by atoms with van der Waals surface area (Å²) in [5.41, 5.74) is 2.78. The van der Waals surface area contributed by atoms with E-state index in [0.717, 1.165) is 5.56 Å². The molecule has 0 spiro atoms. The van der Waals surface area contributed by atoms with Crippen LogP contribution in [-0.2, 0) is 22.2 Å². The van der Waals surface area contributed by atoms with Crippen molar-refractivity contribution in [2.24, 2.45) is 0 Å². The number of thiol groups is 1. The van der Waals surface area contributed by atoms with Crippen LogP contribution in [0.3, 0.4) is 0 Å². The number of anilines is 1. The van der Waals surface area contributed by atoms with E-state index < -0.39 is 10.9 Å². The Kier molecular flexibility index (Phi) is 3.85. The van der Waals surface area contributed by atoms with Crippen molar-refractivity contribution >= 4 is 29.0 Å². The van der Waals surface area contributed by atoms with E-state index in [4.69, 9.17) is 9.39 Å². The summed E-state index contributed by atoms with van der Waals surface area (Å²) in [4.78, 5) is 0. The van der Waals surface area contributed by atoms with Crippen molar-refractivity contribution in [2.45, 2.75) is 13.4 Å². The molecule has 0 unspecified atom stereocenters. The Morgan fingerprint density at radius 1 is 1.19 bits per heavy atom. The zero-order valence-corrected chi connectivity index (χ0v) is 12.3. The van der Waals surface area contributed by atoms with Gasteiger partial charge in [-0.1, -0.05) is 19.0 Å². The van der Waals surface area contributed by atoms with Crippen LogP contribution in [0.25, 0.3) is 0 Å². The van der Waals surface area contributed by atoms with Crippen LogP contribution in [0.4, 0.5) is 5.69 Å². The lowest BCUT2D eigenvalue weighted by Crippen LogP contribution is -2.23. The summed E-state index contributed by atoms with van der Waals surface area (Å²) < 4.78 is 35.0. The van der Waals surface area contributed by atoms with Crippen LogP contribution >= 0.6 is 0 Å². The number of ether oxygens (including phenoxy) is 1. The van der Waals surface area contributed by atoms with Crippen molar-refractivity contribution in [3.63, 3.8) is 0 Å². The van der Waals surface area contributed by atoms with E-state index in [0.29, 0.717) is 23.8 Å². The first-order chi connectivity index (χ1) is 10.1. The van der Waals surface area contributed by atoms with Crippen LogP contribution in [0.5, 0.6) is 11.5 Å². The molecular weight excluding hydrogens is 289 g/mol. The molecule has 1 heterocycles. The SMILES string of the molecule is CB1OCc2cc(Oc3cccc(N[SH](=O)=O)c3)ccc21. The van der Waals surface area contributed by atoms with E-state index >= 15 is 0 Å². The zero-order chi connectivity index (χ0) is 14.8. The van der Waals surface area contributed by atoms with Gasteiger partial charge >= 0.3 is 6.92 Å². The van der Waals surface area contributed by atoms with Gasteiger partial charge in [0.25, 0.3) is 0 Å². The van der Waals surface area contributed by atoms with Crippen LogP contribution in [0.1, 0.15) is 5.56 Å². The maximum absolute atomic E-state index is 10.7. The molecule has 0 saturated heterocycles. The Bertz CT molecular complexity index is 740. The van der Waals surface area contributed by atoms with Gasteiger partial charge in [-0.15, -0.1) is 0 Å². The fourth-order valence-corrected chi connectivity index (χ4v) is 2.69. The lowest BCUT2D eigenvalue weighted by atomic mass is 9.64. The van der Waals surface area contributed by atoms with Gasteiger partial charge in [0, 0.05) is 6.07 Å². The van der Waals surface area contributed by atoms with Crippen molar-refractivity contribution in [3.8, 4) is 11.5 Å². The maximum Gasteiger partial charge on any atom is 0.324 e. The molecule has 0 atom stereocenters. The Hall–Kier alpha value is -1.99. The van der Waals surface area contributed by atoms with E-state index in [1.54, 1.807) is 24.3 Å². The molecular formula is C14H14BNO4S. The highest BCUT2D eigenvalue weighted by Gasteiger charge is 2.23. The first-order valence-corrected chi connectivity index (χ1v) is 7.73. The first kappa shape index (κ1) is 14.0. The summed E-state index contributed by atoms with van der Waals surface area (Å²) in [6.45, 7) is 2.73. The van der Waals surface area contributed by atoms with Gasteiger partial charge in [-0.3, -0.25) is 4.72 Å². The first-order valence-electron chi connectivity index (χ1n) is 6.55. The molecule has 108 valence electrons. The topological polar surface area (TPSA) is 64.6 Å². The summed E-state index contributed by atoms with van der Waals surface area (Å²) in [5.74, 6) is 1.28. The number of hydrogen-bond donors (Lipinski definition) is 2. The van der Waals surface area contributed by atoms with Gasteiger partial charge in [-0.05, 0) is 35.3 Å². The molecule has 3 rings (SSSR count). The van der Waals surface area contributed by atoms with Gasteiger partial charge in [0.05, 0.1) is 12.3 Å². The van der Waals surface area contributed by atoms with E-state index in [9.17, 15) is 8.42 Å². The van der Waals surface area contributed by atoms with Gasteiger partial charge < -0.3 is 9.39 Å². The second-order valence-electron chi connectivity index (χ2n) is 4.81. The molecule has 0 aliphatic carbocycles. The molecule has 2 aromatic carbocycles. The normalized spacial score (nSPS) is 13.3. The van der Waals surface area contributed by atoms with Crippen LogP contribution in [0.2, 0.25) is 6.82 Å². The number of hydrogen-bond acceptors (Lipinski definition) is 4. The average Bonchev–Trinajstić information content (AvgIpc) is 2.80. The van der Waals surface area contributed by atoms with Crippen molar-refractivity contribution in [1.82, 2.24) is 0 Å². The molecule has 2 aromatic rings. The van der Waals surface area contributed by atoms with Crippen molar-refractivity contribution in [3.05, 3.63) is 48.0 Å². The third-order valence-corrected chi connectivity index (χ3v) is 3.77. The van der Waals surface area contributed by atoms with Crippen molar-refractivity contribution in [1.29, 1.82) is 0 Å². The van der Waals surface area contributed by atoms with E-state index in [1.807, 2.05) is 25.0 Å². The Morgan fingerprint density at radius 2 is 2.00 bits per heavy atom. The van der Waals surface area contributed by atoms with E-state index in [1.165, 1.54) is 5.46 Å². The monoisotopic (exact) mass is 303 g/mol. The predicted octanol–water partition coefficient (Wildman–Crippen LogP) is 1.78. The molecule has 21 heavy (non-hydrogen) atoms.